The van der Waals surface area contributed by atoms with Crippen molar-refractivity contribution in [1.82, 2.24) is 25.5 Å². The predicted molar refractivity (Wildman–Crippen MR) is 106 cm³/mol. The van der Waals surface area contributed by atoms with E-state index in [1.807, 2.05) is 32.0 Å². The lowest BCUT2D eigenvalue weighted by Gasteiger charge is -2.15. The number of amides is 1. The van der Waals surface area contributed by atoms with Gasteiger partial charge in [-0.1, -0.05) is 63.1 Å². The molecule has 0 unspecified atom stereocenters. The van der Waals surface area contributed by atoms with Gasteiger partial charge < -0.3 is 5.32 Å². The number of hydrogen-bond donors (Lipinski definition) is 1. The van der Waals surface area contributed by atoms with Crippen LogP contribution in [0, 0.1) is 19.8 Å². The largest absolute Gasteiger partial charge is 0.355 e. The Balaban J connectivity index is 1.93. The molecule has 0 saturated carbocycles. The molecule has 0 aliphatic rings. The van der Waals surface area contributed by atoms with Crippen LogP contribution in [0.4, 0.5) is 0 Å². The summed E-state index contributed by atoms with van der Waals surface area (Å²) in [6.45, 7) is 9.19. The molecular weight excluding hydrogens is 346 g/mol. The monoisotopic (exact) mass is 375 g/mol. The number of thioether (sulfide) groups is 1. The van der Waals surface area contributed by atoms with Crippen molar-refractivity contribution in [2.75, 3.05) is 12.3 Å². The molecule has 0 radical (unpaired) electrons. The van der Waals surface area contributed by atoms with E-state index in [4.69, 9.17) is 0 Å². The number of hydrogen-bond acceptors (Lipinski definition) is 5. The molecule has 2 aromatic rings. The van der Waals surface area contributed by atoms with Gasteiger partial charge in [0.2, 0.25) is 11.1 Å². The molecule has 1 N–H and O–H groups in total. The number of aromatic nitrogens is 4. The third kappa shape index (κ3) is 5.56. The van der Waals surface area contributed by atoms with Crippen molar-refractivity contribution in [3.63, 3.8) is 0 Å². The fourth-order valence-electron chi connectivity index (χ4n) is 2.93. The maximum atomic E-state index is 12.2. The second-order valence-electron chi connectivity index (χ2n) is 6.62. The number of aryl methyl sites for hydroxylation is 2. The highest BCUT2D eigenvalue weighted by Gasteiger charge is 2.15. The number of para-hydroxylation sites is 1. The van der Waals surface area contributed by atoms with Crippen LogP contribution in [0.5, 0.6) is 0 Å². The highest BCUT2D eigenvalue weighted by atomic mass is 32.2. The Hall–Kier alpha value is -1.89. The van der Waals surface area contributed by atoms with Crippen molar-refractivity contribution >= 4 is 17.7 Å². The zero-order valence-electron chi connectivity index (χ0n) is 16.2. The van der Waals surface area contributed by atoms with E-state index in [0.29, 0.717) is 16.8 Å². The summed E-state index contributed by atoms with van der Waals surface area (Å²) in [7, 11) is 0. The summed E-state index contributed by atoms with van der Waals surface area (Å²) in [5, 5.41) is 15.7. The van der Waals surface area contributed by atoms with E-state index in [2.05, 4.69) is 34.7 Å². The van der Waals surface area contributed by atoms with E-state index < -0.39 is 0 Å². The van der Waals surface area contributed by atoms with Gasteiger partial charge in [-0.3, -0.25) is 4.79 Å². The van der Waals surface area contributed by atoms with Crippen molar-refractivity contribution in [3.8, 4) is 5.69 Å². The van der Waals surface area contributed by atoms with E-state index in [1.54, 1.807) is 4.68 Å². The minimum atomic E-state index is 0.0287. The molecule has 0 aliphatic carbocycles. The lowest BCUT2D eigenvalue weighted by Crippen LogP contribution is -2.30. The van der Waals surface area contributed by atoms with E-state index in [1.165, 1.54) is 31.0 Å². The van der Waals surface area contributed by atoms with Crippen LogP contribution in [0.15, 0.2) is 23.4 Å². The third-order valence-corrected chi connectivity index (χ3v) is 5.48. The molecule has 0 bridgehead atoms. The van der Waals surface area contributed by atoms with Gasteiger partial charge in [-0.05, 0) is 47.7 Å². The van der Waals surface area contributed by atoms with Crippen LogP contribution in [-0.2, 0) is 4.79 Å². The van der Waals surface area contributed by atoms with Crippen LogP contribution < -0.4 is 5.32 Å². The highest BCUT2D eigenvalue weighted by Crippen LogP contribution is 2.23. The second kappa shape index (κ2) is 10.3. The molecule has 1 aromatic heterocycles. The zero-order chi connectivity index (χ0) is 18.9. The van der Waals surface area contributed by atoms with E-state index in [9.17, 15) is 4.79 Å². The van der Waals surface area contributed by atoms with Gasteiger partial charge >= 0.3 is 0 Å². The first kappa shape index (κ1) is 20.4. The first-order valence-corrected chi connectivity index (χ1v) is 10.3. The van der Waals surface area contributed by atoms with Crippen LogP contribution >= 0.6 is 11.8 Å². The minimum absolute atomic E-state index is 0.0287. The number of unbranched alkanes of at least 4 members (excludes halogenated alkanes) is 1. The molecule has 0 saturated heterocycles. The highest BCUT2D eigenvalue weighted by molar-refractivity contribution is 7.99. The number of tetrazole rings is 1. The zero-order valence-corrected chi connectivity index (χ0v) is 17.0. The fourth-order valence-corrected chi connectivity index (χ4v) is 3.64. The van der Waals surface area contributed by atoms with Gasteiger partial charge in [0.25, 0.3) is 0 Å². The van der Waals surface area contributed by atoms with E-state index in [-0.39, 0.29) is 5.91 Å². The van der Waals surface area contributed by atoms with Gasteiger partial charge in [-0.15, -0.1) is 5.10 Å². The van der Waals surface area contributed by atoms with Gasteiger partial charge in [0, 0.05) is 6.54 Å². The maximum absolute atomic E-state index is 12.2. The number of benzene rings is 1. The Morgan fingerprint density at radius 3 is 2.65 bits per heavy atom. The van der Waals surface area contributed by atoms with Crippen molar-refractivity contribution in [3.05, 3.63) is 29.3 Å². The van der Waals surface area contributed by atoms with Crippen LogP contribution in [-0.4, -0.2) is 38.4 Å². The summed E-state index contributed by atoms with van der Waals surface area (Å²) in [5.41, 5.74) is 3.18. The topological polar surface area (TPSA) is 72.7 Å². The number of carbonyl (C=O) groups is 1. The van der Waals surface area contributed by atoms with Crippen LogP contribution in [0.3, 0.4) is 0 Å². The van der Waals surface area contributed by atoms with Crippen LogP contribution in [0.2, 0.25) is 0 Å². The molecule has 0 fully saturated rings. The Morgan fingerprint density at radius 2 is 2.00 bits per heavy atom. The van der Waals surface area contributed by atoms with Crippen molar-refractivity contribution in [2.45, 2.75) is 58.5 Å². The number of rotatable bonds is 10. The third-order valence-electron chi connectivity index (χ3n) is 4.56. The normalized spacial score (nSPS) is 12.2. The molecule has 6 nitrogen and oxygen atoms in total. The lowest BCUT2D eigenvalue weighted by molar-refractivity contribution is -0.118. The smallest absolute Gasteiger partial charge is 0.230 e. The summed E-state index contributed by atoms with van der Waals surface area (Å²) < 4.78 is 1.72. The number of nitrogens with zero attached hydrogens (tertiary/aromatic N) is 4. The molecule has 2 rings (SSSR count). The van der Waals surface area contributed by atoms with Gasteiger partial charge in [0.15, 0.2) is 0 Å². The average Bonchev–Trinajstić information content (AvgIpc) is 3.08. The van der Waals surface area contributed by atoms with Gasteiger partial charge in [-0.2, -0.15) is 4.68 Å². The standard InChI is InChI=1S/C19H29N5OS/c1-5-7-11-16(6-2)12-20-17(25)13-26-19-21-22-23-24(19)18-14(3)9-8-10-15(18)4/h8-10,16H,5-7,11-13H2,1-4H3,(H,20,25)/t16-/m0/s1. The second-order valence-corrected chi connectivity index (χ2v) is 7.57. The Labute approximate surface area is 160 Å². The number of carbonyl (C=O) groups excluding carboxylic acids is 1. The summed E-state index contributed by atoms with van der Waals surface area (Å²) in [6.07, 6.45) is 4.68. The molecule has 142 valence electrons. The molecule has 7 heteroatoms. The van der Waals surface area contributed by atoms with Crippen molar-refractivity contribution < 1.29 is 4.79 Å². The molecule has 26 heavy (non-hydrogen) atoms. The SMILES string of the molecule is CCCC[C@H](CC)CNC(=O)CSc1nnnn1-c1c(C)cccc1C. The molecule has 0 aliphatic heterocycles. The summed E-state index contributed by atoms with van der Waals surface area (Å²) in [4.78, 5) is 12.2. The van der Waals surface area contributed by atoms with Gasteiger partial charge in [-0.25, -0.2) is 0 Å². The Kier molecular flexibility index (Phi) is 8.09. The first-order valence-electron chi connectivity index (χ1n) is 9.31. The Morgan fingerprint density at radius 1 is 1.27 bits per heavy atom. The molecule has 1 atom stereocenters. The van der Waals surface area contributed by atoms with Crippen LogP contribution in [0.1, 0.15) is 50.7 Å². The van der Waals surface area contributed by atoms with E-state index >= 15 is 0 Å². The number of nitrogens with one attached hydrogen (secondary N) is 1. The molecule has 0 spiro atoms. The lowest BCUT2D eigenvalue weighted by atomic mass is 9.99. The van der Waals surface area contributed by atoms with Gasteiger partial charge in [0.05, 0.1) is 11.4 Å². The van der Waals surface area contributed by atoms with E-state index in [0.717, 1.165) is 29.8 Å². The summed E-state index contributed by atoms with van der Waals surface area (Å²) in [5.74, 6) is 0.903. The van der Waals surface area contributed by atoms with Crippen LogP contribution in [0.25, 0.3) is 5.69 Å². The maximum Gasteiger partial charge on any atom is 0.230 e. The minimum Gasteiger partial charge on any atom is -0.355 e. The Bertz CT molecular complexity index is 695. The molecule has 1 aromatic carbocycles. The predicted octanol–water partition coefficient (Wildman–Crippen LogP) is 3.70. The molecule has 1 amide bonds. The first-order chi connectivity index (χ1) is 12.6. The molecular formula is C19H29N5OS. The summed E-state index contributed by atoms with van der Waals surface area (Å²) >= 11 is 1.37. The average molecular weight is 376 g/mol. The molecule has 1 heterocycles. The fraction of sp³-hybridized carbons (Fsp3) is 0.579. The van der Waals surface area contributed by atoms with Crippen molar-refractivity contribution in [1.29, 1.82) is 0 Å². The van der Waals surface area contributed by atoms with Crippen molar-refractivity contribution in [2.24, 2.45) is 5.92 Å². The quantitative estimate of drug-likeness (QED) is 0.641. The summed E-state index contributed by atoms with van der Waals surface area (Å²) in [6, 6.07) is 6.08. The van der Waals surface area contributed by atoms with Gasteiger partial charge in [0.1, 0.15) is 0 Å².